The highest BCUT2D eigenvalue weighted by Gasteiger charge is 2.77. The van der Waals surface area contributed by atoms with Crippen LogP contribution < -0.4 is 4.74 Å². The molecular formula is C12H9F7N2O2. The molecule has 11 heteroatoms. The number of pyridine rings is 1. The van der Waals surface area contributed by atoms with Crippen molar-refractivity contribution in [1.82, 2.24) is 9.88 Å². The fourth-order valence-electron chi connectivity index (χ4n) is 1.80. The van der Waals surface area contributed by atoms with Crippen LogP contribution in [-0.2, 0) is 4.79 Å². The Hall–Kier alpha value is -2.07. The molecule has 2 rings (SSSR count). The van der Waals surface area contributed by atoms with E-state index in [1.54, 1.807) is 0 Å². The zero-order valence-electron chi connectivity index (χ0n) is 11.2. The van der Waals surface area contributed by atoms with Gasteiger partial charge in [0.15, 0.2) is 0 Å². The molecule has 0 N–H and O–H groups in total. The summed E-state index contributed by atoms with van der Waals surface area (Å²) in [7, 11) is 0. The number of aromatic nitrogens is 1. The van der Waals surface area contributed by atoms with Gasteiger partial charge in [0.2, 0.25) is 0 Å². The molecule has 1 aromatic rings. The molecule has 0 spiro atoms. The first-order valence-corrected chi connectivity index (χ1v) is 6.15. The summed E-state index contributed by atoms with van der Waals surface area (Å²) in [4.78, 5) is 15.1. The fourth-order valence-corrected chi connectivity index (χ4v) is 1.80. The van der Waals surface area contributed by atoms with E-state index in [-0.39, 0.29) is 10.6 Å². The molecule has 1 amide bonds. The van der Waals surface area contributed by atoms with Crippen molar-refractivity contribution in [2.75, 3.05) is 13.1 Å². The molecule has 1 saturated heterocycles. The summed E-state index contributed by atoms with van der Waals surface area (Å²) in [6.07, 6.45) is -4.61. The Kier molecular flexibility index (Phi) is 4.16. The smallest absolute Gasteiger partial charge is 0.460 e. The Morgan fingerprint density at radius 1 is 1.17 bits per heavy atom. The third-order valence-corrected chi connectivity index (χ3v) is 3.09. The molecule has 0 aliphatic carbocycles. The minimum absolute atomic E-state index is 0.181. The SMILES string of the molecule is O=C(N1CC(Oc2cccnc2)C1)C(F)(F)C(F)(F)C(F)(F)F. The van der Waals surface area contributed by atoms with Crippen LogP contribution in [0, 0.1) is 0 Å². The van der Waals surface area contributed by atoms with Crippen LogP contribution in [0.5, 0.6) is 5.75 Å². The van der Waals surface area contributed by atoms with Gasteiger partial charge in [-0.05, 0) is 12.1 Å². The van der Waals surface area contributed by atoms with Gasteiger partial charge in [-0.15, -0.1) is 0 Å². The van der Waals surface area contributed by atoms with E-state index in [9.17, 15) is 35.5 Å². The van der Waals surface area contributed by atoms with Gasteiger partial charge in [0.1, 0.15) is 11.9 Å². The molecular weight excluding hydrogens is 337 g/mol. The quantitative estimate of drug-likeness (QED) is 0.787. The summed E-state index contributed by atoms with van der Waals surface area (Å²) in [5, 5.41) is 0. The lowest BCUT2D eigenvalue weighted by molar-refractivity contribution is -0.346. The average Bonchev–Trinajstić information content (AvgIpc) is 2.41. The van der Waals surface area contributed by atoms with E-state index < -0.39 is 43.1 Å². The van der Waals surface area contributed by atoms with Crippen molar-refractivity contribution in [2.24, 2.45) is 0 Å². The van der Waals surface area contributed by atoms with Gasteiger partial charge in [0.05, 0.1) is 19.3 Å². The van der Waals surface area contributed by atoms with Crippen molar-refractivity contribution < 1.29 is 40.3 Å². The van der Waals surface area contributed by atoms with Crippen molar-refractivity contribution in [3.05, 3.63) is 24.5 Å². The van der Waals surface area contributed by atoms with E-state index in [0.29, 0.717) is 0 Å². The molecule has 128 valence electrons. The predicted molar refractivity (Wildman–Crippen MR) is 61.2 cm³/mol. The summed E-state index contributed by atoms with van der Waals surface area (Å²) in [6, 6.07) is 2.98. The number of rotatable bonds is 4. The topological polar surface area (TPSA) is 42.4 Å². The van der Waals surface area contributed by atoms with Crippen molar-refractivity contribution in [1.29, 1.82) is 0 Å². The second kappa shape index (κ2) is 5.53. The van der Waals surface area contributed by atoms with E-state index in [2.05, 4.69) is 4.98 Å². The number of carbonyl (C=O) groups excluding carboxylic acids is 1. The molecule has 0 atom stereocenters. The zero-order chi connectivity index (χ0) is 17.5. The number of halogens is 7. The lowest BCUT2D eigenvalue weighted by Gasteiger charge is -2.41. The van der Waals surface area contributed by atoms with E-state index >= 15 is 0 Å². The van der Waals surface area contributed by atoms with Crippen molar-refractivity contribution >= 4 is 5.91 Å². The normalized spacial score (nSPS) is 16.9. The molecule has 1 aromatic heterocycles. The molecule has 4 nitrogen and oxygen atoms in total. The molecule has 0 bridgehead atoms. The van der Waals surface area contributed by atoms with Gasteiger partial charge in [-0.1, -0.05) is 0 Å². The summed E-state index contributed by atoms with van der Waals surface area (Å²) >= 11 is 0. The van der Waals surface area contributed by atoms with Gasteiger partial charge < -0.3 is 9.64 Å². The molecule has 1 aliphatic rings. The number of hydrogen-bond donors (Lipinski definition) is 0. The zero-order valence-corrected chi connectivity index (χ0v) is 11.2. The molecule has 23 heavy (non-hydrogen) atoms. The monoisotopic (exact) mass is 346 g/mol. The number of hydrogen-bond acceptors (Lipinski definition) is 3. The molecule has 1 aliphatic heterocycles. The van der Waals surface area contributed by atoms with Gasteiger partial charge in [0, 0.05) is 6.20 Å². The summed E-state index contributed by atoms with van der Waals surface area (Å²) in [5.41, 5.74) is 0. The highest BCUT2D eigenvalue weighted by Crippen LogP contribution is 2.47. The van der Waals surface area contributed by atoms with Gasteiger partial charge >= 0.3 is 18.0 Å². The number of carbonyl (C=O) groups is 1. The Balaban J connectivity index is 1.98. The molecule has 0 aromatic carbocycles. The van der Waals surface area contributed by atoms with E-state index in [1.807, 2.05) is 0 Å². The lowest BCUT2D eigenvalue weighted by atomic mass is 10.1. The Morgan fingerprint density at radius 2 is 1.78 bits per heavy atom. The Morgan fingerprint density at radius 3 is 2.26 bits per heavy atom. The third kappa shape index (κ3) is 3.04. The maximum atomic E-state index is 13.2. The standard InChI is InChI=1S/C12H9F7N2O2/c13-10(14,11(15,16)12(17,18)19)9(22)21-5-8(6-21)23-7-2-1-3-20-4-7/h1-4,8H,5-6H2. The van der Waals surface area contributed by atoms with Crippen molar-refractivity contribution in [3.8, 4) is 5.75 Å². The average molecular weight is 346 g/mol. The van der Waals surface area contributed by atoms with E-state index in [4.69, 9.17) is 4.74 Å². The fraction of sp³-hybridized carbons (Fsp3) is 0.500. The largest absolute Gasteiger partial charge is 0.485 e. The minimum Gasteiger partial charge on any atom is -0.485 e. The highest BCUT2D eigenvalue weighted by atomic mass is 19.4. The van der Waals surface area contributed by atoms with Crippen LogP contribution in [0.2, 0.25) is 0 Å². The van der Waals surface area contributed by atoms with Crippen molar-refractivity contribution in [3.63, 3.8) is 0 Å². The van der Waals surface area contributed by atoms with Crippen LogP contribution in [-0.4, -0.2) is 53.0 Å². The summed E-state index contributed by atoms with van der Waals surface area (Å²) in [5.74, 6) is -14.7. The second-order valence-corrected chi connectivity index (χ2v) is 4.79. The summed E-state index contributed by atoms with van der Waals surface area (Å²) in [6.45, 7) is -1.06. The first-order valence-electron chi connectivity index (χ1n) is 6.15. The van der Waals surface area contributed by atoms with Crippen molar-refractivity contribution in [2.45, 2.75) is 24.1 Å². The van der Waals surface area contributed by atoms with Gasteiger partial charge in [0.25, 0.3) is 5.91 Å². The second-order valence-electron chi connectivity index (χ2n) is 4.79. The highest BCUT2D eigenvalue weighted by molar-refractivity contribution is 5.85. The number of amides is 1. The number of alkyl halides is 7. The maximum absolute atomic E-state index is 13.2. The van der Waals surface area contributed by atoms with Crippen LogP contribution in [0.25, 0.3) is 0 Å². The van der Waals surface area contributed by atoms with Crippen LogP contribution >= 0.6 is 0 Å². The molecule has 1 fully saturated rings. The first kappa shape index (κ1) is 17.3. The van der Waals surface area contributed by atoms with Crippen LogP contribution in [0.3, 0.4) is 0 Å². The van der Waals surface area contributed by atoms with E-state index in [0.717, 1.165) is 0 Å². The first-order chi connectivity index (χ1) is 10.5. The molecule has 0 radical (unpaired) electrons. The van der Waals surface area contributed by atoms with Crippen LogP contribution in [0.4, 0.5) is 30.7 Å². The van der Waals surface area contributed by atoms with Crippen LogP contribution in [0.1, 0.15) is 0 Å². The van der Waals surface area contributed by atoms with Gasteiger partial charge in [-0.3, -0.25) is 9.78 Å². The Labute approximate surface area is 124 Å². The number of ether oxygens (including phenoxy) is 1. The third-order valence-electron chi connectivity index (χ3n) is 3.09. The lowest BCUT2D eigenvalue weighted by Crippen LogP contribution is -2.66. The number of nitrogens with zero attached hydrogens (tertiary/aromatic N) is 2. The van der Waals surface area contributed by atoms with Gasteiger partial charge in [-0.25, -0.2) is 0 Å². The molecule has 2 heterocycles. The Bertz CT molecular complexity index is 571. The summed E-state index contributed by atoms with van der Waals surface area (Å²) < 4.78 is 93.1. The molecule has 0 unspecified atom stereocenters. The number of likely N-dealkylation sites (tertiary alicyclic amines) is 1. The maximum Gasteiger partial charge on any atom is 0.460 e. The minimum atomic E-state index is -6.54. The molecule has 0 saturated carbocycles. The van der Waals surface area contributed by atoms with Crippen LogP contribution in [0.15, 0.2) is 24.5 Å². The van der Waals surface area contributed by atoms with Gasteiger partial charge in [-0.2, -0.15) is 30.7 Å². The van der Waals surface area contributed by atoms with E-state index in [1.165, 1.54) is 24.5 Å². The predicted octanol–water partition coefficient (Wildman–Crippen LogP) is 2.50.